The number of allylic oxidation sites excluding steroid dienone is 2. The van der Waals surface area contributed by atoms with Crippen LogP contribution >= 0.6 is 0 Å². The molecule has 0 spiro atoms. The van der Waals surface area contributed by atoms with Gasteiger partial charge >= 0.3 is 5.97 Å². The molecular weight excluding hydrogens is 412 g/mol. The molecule has 0 bridgehead atoms. The van der Waals surface area contributed by atoms with Crippen LogP contribution in [-0.2, 0) is 9.53 Å². The number of esters is 1. The molecule has 0 aliphatic carbocycles. The third-order valence-electron chi connectivity index (χ3n) is 5.24. The lowest BCUT2D eigenvalue weighted by Gasteiger charge is -2.16. The highest BCUT2D eigenvalue weighted by Crippen LogP contribution is 2.34. The van der Waals surface area contributed by atoms with E-state index in [4.69, 9.17) is 14.2 Å². The van der Waals surface area contributed by atoms with E-state index in [1.165, 1.54) is 6.08 Å². The Labute approximate surface area is 196 Å². The molecule has 0 aliphatic heterocycles. The fourth-order valence-corrected chi connectivity index (χ4v) is 3.45. The van der Waals surface area contributed by atoms with Crippen LogP contribution in [-0.4, -0.2) is 26.8 Å². The second-order valence-corrected chi connectivity index (χ2v) is 7.47. The molecule has 0 aliphatic rings. The number of ether oxygens (including phenoxy) is 3. The van der Waals surface area contributed by atoms with E-state index in [9.17, 15) is 4.79 Å². The quantitative estimate of drug-likeness (QED) is 0.117. The summed E-state index contributed by atoms with van der Waals surface area (Å²) in [4.78, 5) is 12.4. The number of hydrogen-bond acceptors (Lipinski definition) is 4. The van der Waals surface area contributed by atoms with Gasteiger partial charge in [0.1, 0.15) is 11.5 Å². The summed E-state index contributed by atoms with van der Waals surface area (Å²) in [6.07, 6.45) is 5.16. The van der Waals surface area contributed by atoms with Crippen molar-refractivity contribution in [2.45, 2.75) is 19.8 Å². The molecule has 0 radical (unpaired) electrons. The maximum absolute atomic E-state index is 12.4. The van der Waals surface area contributed by atoms with Gasteiger partial charge in [-0.15, -0.1) is 0 Å². The summed E-state index contributed by atoms with van der Waals surface area (Å²) < 4.78 is 16.0. The van der Waals surface area contributed by atoms with Crippen LogP contribution in [0.15, 0.2) is 91.0 Å². The van der Waals surface area contributed by atoms with E-state index in [1.54, 1.807) is 14.2 Å². The summed E-state index contributed by atoms with van der Waals surface area (Å²) in [6.45, 7) is 2.49. The summed E-state index contributed by atoms with van der Waals surface area (Å²) in [5, 5.41) is 0. The first-order valence-corrected chi connectivity index (χ1v) is 11.1. The Morgan fingerprint density at radius 3 is 1.82 bits per heavy atom. The predicted molar refractivity (Wildman–Crippen MR) is 133 cm³/mol. The van der Waals surface area contributed by atoms with Gasteiger partial charge in [0.05, 0.1) is 20.8 Å². The Kier molecular flexibility index (Phi) is 8.89. The van der Waals surface area contributed by atoms with Crippen LogP contribution in [0, 0.1) is 0 Å². The van der Waals surface area contributed by atoms with E-state index in [2.05, 4.69) is 19.1 Å². The minimum atomic E-state index is -0.350. The van der Waals surface area contributed by atoms with E-state index in [0.29, 0.717) is 6.61 Å². The molecule has 0 saturated heterocycles. The van der Waals surface area contributed by atoms with Crippen molar-refractivity contribution in [2.24, 2.45) is 0 Å². The van der Waals surface area contributed by atoms with Crippen molar-refractivity contribution < 1.29 is 19.0 Å². The zero-order valence-electron chi connectivity index (χ0n) is 19.4. The maximum atomic E-state index is 12.4. The van der Waals surface area contributed by atoms with Crippen LogP contribution in [0.25, 0.3) is 11.1 Å². The molecule has 0 unspecified atom stereocenters. The highest BCUT2D eigenvalue weighted by Gasteiger charge is 2.13. The lowest BCUT2D eigenvalue weighted by Crippen LogP contribution is -2.02. The molecular formula is C29H30O4. The molecule has 0 amide bonds. The predicted octanol–water partition coefficient (Wildman–Crippen LogP) is 6.56. The van der Waals surface area contributed by atoms with E-state index < -0.39 is 0 Å². The van der Waals surface area contributed by atoms with Crippen LogP contribution in [0.5, 0.6) is 11.5 Å². The zero-order chi connectivity index (χ0) is 23.5. The van der Waals surface area contributed by atoms with Crippen molar-refractivity contribution in [2.75, 3.05) is 20.8 Å². The fraction of sp³-hybridized carbons (Fsp3) is 0.207. The number of benzene rings is 3. The number of carbonyl (C=O) groups excluding carboxylic acids is 1. The van der Waals surface area contributed by atoms with Crippen molar-refractivity contribution in [1.29, 1.82) is 0 Å². The van der Waals surface area contributed by atoms with Crippen LogP contribution in [0.2, 0.25) is 0 Å². The minimum Gasteiger partial charge on any atom is -0.497 e. The standard InChI is InChI=1S/C29H30O4/c1-4-5-21-33-28(30)20-19-27(22-11-15-25(31-2)16-12-22)29(23-9-7-6-8-10-23)24-13-17-26(32-3)18-14-24/h6-20H,4-5,21H2,1-3H3/b20-19+,29-27+. The van der Waals surface area contributed by atoms with E-state index in [1.807, 2.05) is 72.8 Å². The van der Waals surface area contributed by atoms with Gasteiger partial charge in [0.25, 0.3) is 0 Å². The number of rotatable bonds is 10. The number of unbranched alkanes of at least 4 members (excludes halogenated alkanes) is 1. The number of methoxy groups -OCH3 is 2. The van der Waals surface area contributed by atoms with Crippen LogP contribution in [0.4, 0.5) is 0 Å². The van der Waals surface area contributed by atoms with Crippen LogP contribution in [0.1, 0.15) is 36.5 Å². The summed E-state index contributed by atoms with van der Waals surface area (Å²) in [7, 11) is 3.29. The molecule has 0 N–H and O–H groups in total. The monoisotopic (exact) mass is 442 g/mol. The maximum Gasteiger partial charge on any atom is 0.330 e. The van der Waals surface area contributed by atoms with Crippen molar-refractivity contribution in [1.82, 2.24) is 0 Å². The molecule has 3 rings (SSSR count). The van der Waals surface area contributed by atoms with Crippen molar-refractivity contribution in [3.63, 3.8) is 0 Å². The first-order valence-electron chi connectivity index (χ1n) is 11.1. The summed E-state index contributed by atoms with van der Waals surface area (Å²) in [5.41, 5.74) is 4.92. The fourth-order valence-electron chi connectivity index (χ4n) is 3.45. The molecule has 0 aromatic heterocycles. The molecule has 0 saturated carbocycles. The number of hydrogen-bond donors (Lipinski definition) is 0. The van der Waals surface area contributed by atoms with Gasteiger partial charge in [-0.05, 0) is 64.6 Å². The van der Waals surface area contributed by atoms with Gasteiger partial charge in [-0.1, -0.05) is 67.9 Å². The van der Waals surface area contributed by atoms with Crippen molar-refractivity contribution >= 4 is 17.1 Å². The molecule has 3 aromatic rings. The molecule has 3 aromatic carbocycles. The molecule has 0 heterocycles. The third-order valence-corrected chi connectivity index (χ3v) is 5.24. The normalized spacial score (nSPS) is 11.7. The van der Waals surface area contributed by atoms with E-state index >= 15 is 0 Å². The minimum absolute atomic E-state index is 0.350. The van der Waals surface area contributed by atoms with Crippen molar-refractivity contribution in [3.8, 4) is 11.5 Å². The van der Waals surface area contributed by atoms with Gasteiger partial charge in [0.15, 0.2) is 0 Å². The molecule has 4 heteroatoms. The Balaban J connectivity index is 2.16. The molecule has 4 nitrogen and oxygen atoms in total. The second-order valence-electron chi connectivity index (χ2n) is 7.47. The Morgan fingerprint density at radius 2 is 1.27 bits per heavy atom. The van der Waals surface area contributed by atoms with Gasteiger partial charge in [-0.3, -0.25) is 0 Å². The summed E-state index contributed by atoms with van der Waals surface area (Å²) in [5.74, 6) is 1.20. The van der Waals surface area contributed by atoms with Crippen LogP contribution in [0.3, 0.4) is 0 Å². The van der Waals surface area contributed by atoms with Gasteiger partial charge in [-0.2, -0.15) is 0 Å². The van der Waals surface area contributed by atoms with Gasteiger partial charge in [0, 0.05) is 6.08 Å². The summed E-state index contributed by atoms with van der Waals surface area (Å²) >= 11 is 0. The lowest BCUT2D eigenvalue weighted by atomic mass is 9.89. The molecule has 33 heavy (non-hydrogen) atoms. The zero-order valence-corrected chi connectivity index (χ0v) is 19.4. The van der Waals surface area contributed by atoms with Gasteiger partial charge < -0.3 is 14.2 Å². The number of carbonyl (C=O) groups is 1. The van der Waals surface area contributed by atoms with Gasteiger partial charge in [-0.25, -0.2) is 4.79 Å². The highest BCUT2D eigenvalue weighted by atomic mass is 16.5. The molecule has 0 atom stereocenters. The first kappa shape index (κ1) is 23.9. The first-order chi connectivity index (χ1) is 16.2. The third kappa shape index (κ3) is 6.59. The van der Waals surface area contributed by atoms with Gasteiger partial charge in [0.2, 0.25) is 0 Å². The Bertz CT molecular complexity index is 1080. The largest absolute Gasteiger partial charge is 0.497 e. The second kappa shape index (κ2) is 12.3. The highest BCUT2D eigenvalue weighted by molar-refractivity contribution is 6.03. The molecule has 0 fully saturated rings. The smallest absolute Gasteiger partial charge is 0.330 e. The van der Waals surface area contributed by atoms with E-state index in [-0.39, 0.29) is 5.97 Å². The molecule has 170 valence electrons. The Morgan fingerprint density at radius 1 is 0.727 bits per heavy atom. The van der Waals surface area contributed by atoms with Crippen LogP contribution < -0.4 is 9.47 Å². The van der Waals surface area contributed by atoms with E-state index in [0.717, 1.165) is 52.2 Å². The topological polar surface area (TPSA) is 44.8 Å². The Hall–Kier alpha value is -3.79. The SMILES string of the molecule is CCCCOC(=O)/C=C/C(=C(/c1ccccc1)c1ccc(OC)cc1)c1ccc(OC)cc1. The summed E-state index contributed by atoms with van der Waals surface area (Å²) in [6, 6.07) is 25.9. The van der Waals surface area contributed by atoms with Crippen molar-refractivity contribution in [3.05, 3.63) is 108 Å². The average molecular weight is 443 g/mol. The average Bonchev–Trinajstić information content (AvgIpc) is 2.87. The lowest BCUT2D eigenvalue weighted by molar-refractivity contribution is -0.137.